The standard InChI is InChI=1S/C14H25N3O3/c1-10(2)13(18)16-5-7-17(8-6-16)14(19)12-11(3)20-9-4-15-12/h10-12,15H,4-9H2,1-3H3/t11-,12+/m1/s1. The zero-order chi connectivity index (χ0) is 14.7. The molecule has 0 unspecified atom stereocenters. The van der Waals surface area contributed by atoms with Crippen molar-refractivity contribution in [2.24, 2.45) is 5.92 Å². The number of hydrogen-bond acceptors (Lipinski definition) is 4. The van der Waals surface area contributed by atoms with Crippen LogP contribution in [0.25, 0.3) is 0 Å². The molecule has 0 bridgehead atoms. The Labute approximate surface area is 120 Å². The van der Waals surface area contributed by atoms with E-state index in [2.05, 4.69) is 5.32 Å². The second-order valence-corrected chi connectivity index (χ2v) is 5.81. The number of hydrogen-bond donors (Lipinski definition) is 1. The van der Waals surface area contributed by atoms with Gasteiger partial charge in [0.1, 0.15) is 6.04 Å². The summed E-state index contributed by atoms with van der Waals surface area (Å²) in [6, 6.07) is -0.254. The Morgan fingerprint density at radius 1 is 1.15 bits per heavy atom. The number of carbonyl (C=O) groups is 2. The number of morpholine rings is 1. The molecule has 0 aromatic heterocycles. The number of ether oxygens (including phenoxy) is 1. The smallest absolute Gasteiger partial charge is 0.242 e. The minimum Gasteiger partial charge on any atom is -0.375 e. The number of nitrogens with one attached hydrogen (secondary N) is 1. The molecule has 0 aromatic rings. The minimum atomic E-state index is -0.254. The van der Waals surface area contributed by atoms with E-state index in [4.69, 9.17) is 4.74 Å². The fraction of sp³-hybridized carbons (Fsp3) is 0.857. The average molecular weight is 283 g/mol. The third-order valence-electron chi connectivity index (χ3n) is 3.98. The van der Waals surface area contributed by atoms with Crippen molar-refractivity contribution in [2.45, 2.75) is 32.9 Å². The van der Waals surface area contributed by atoms with Crippen LogP contribution in [0.2, 0.25) is 0 Å². The molecule has 0 spiro atoms. The van der Waals surface area contributed by atoms with Crippen molar-refractivity contribution >= 4 is 11.8 Å². The molecule has 1 N–H and O–H groups in total. The first kappa shape index (κ1) is 15.3. The summed E-state index contributed by atoms with van der Waals surface area (Å²) in [4.78, 5) is 28.1. The summed E-state index contributed by atoms with van der Waals surface area (Å²) in [7, 11) is 0. The van der Waals surface area contributed by atoms with E-state index in [1.807, 2.05) is 30.6 Å². The topological polar surface area (TPSA) is 61.9 Å². The number of rotatable bonds is 2. The van der Waals surface area contributed by atoms with Crippen molar-refractivity contribution in [2.75, 3.05) is 39.3 Å². The van der Waals surface area contributed by atoms with Crippen LogP contribution in [0.3, 0.4) is 0 Å². The van der Waals surface area contributed by atoms with Gasteiger partial charge in [-0.15, -0.1) is 0 Å². The molecule has 114 valence electrons. The van der Waals surface area contributed by atoms with E-state index < -0.39 is 0 Å². The van der Waals surface area contributed by atoms with Crippen LogP contribution < -0.4 is 5.32 Å². The third-order valence-corrected chi connectivity index (χ3v) is 3.98. The molecule has 2 amide bonds. The molecule has 2 atom stereocenters. The highest BCUT2D eigenvalue weighted by Crippen LogP contribution is 2.12. The van der Waals surface area contributed by atoms with Crippen LogP contribution in [-0.2, 0) is 14.3 Å². The van der Waals surface area contributed by atoms with Crippen LogP contribution in [0.15, 0.2) is 0 Å². The summed E-state index contributed by atoms with van der Waals surface area (Å²) >= 11 is 0. The molecule has 0 saturated carbocycles. The van der Waals surface area contributed by atoms with E-state index >= 15 is 0 Å². The van der Waals surface area contributed by atoms with Crippen molar-refractivity contribution in [1.29, 1.82) is 0 Å². The zero-order valence-electron chi connectivity index (χ0n) is 12.6. The quantitative estimate of drug-likeness (QED) is 0.755. The molecular formula is C14H25N3O3. The SMILES string of the molecule is CC(C)C(=O)N1CCN(C(=O)[C@H]2NCCO[C@@H]2C)CC1. The Balaban J connectivity index is 1.87. The Morgan fingerprint density at radius 2 is 1.75 bits per heavy atom. The second-order valence-electron chi connectivity index (χ2n) is 5.81. The van der Waals surface area contributed by atoms with Crippen LogP contribution in [-0.4, -0.2) is 73.1 Å². The fourth-order valence-electron chi connectivity index (χ4n) is 2.72. The number of amides is 2. The molecular weight excluding hydrogens is 258 g/mol. The minimum absolute atomic E-state index is 0.0192. The van der Waals surface area contributed by atoms with Gasteiger partial charge in [0, 0.05) is 38.6 Å². The van der Waals surface area contributed by atoms with Crippen LogP contribution in [0.1, 0.15) is 20.8 Å². The van der Waals surface area contributed by atoms with Gasteiger partial charge in [-0.3, -0.25) is 9.59 Å². The van der Waals surface area contributed by atoms with Gasteiger partial charge in [0.05, 0.1) is 12.7 Å². The summed E-state index contributed by atoms with van der Waals surface area (Å²) < 4.78 is 5.52. The molecule has 2 aliphatic rings. The third kappa shape index (κ3) is 3.30. The van der Waals surface area contributed by atoms with E-state index in [1.165, 1.54) is 0 Å². The van der Waals surface area contributed by atoms with Gasteiger partial charge in [-0.25, -0.2) is 0 Å². The monoisotopic (exact) mass is 283 g/mol. The second kappa shape index (κ2) is 6.54. The first-order chi connectivity index (χ1) is 9.50. The van der Waals surface area contributed by atoms with Gasteiger partial charge in [0.25, 0.3) is 0 Å². The van der Waals surface area contributed by atoms with E-state index in [-0.39, 0.29) is 29.9 Å². The Hall–Kier alpha value is -1.14. The van der Waals surface area contributed by atoms with Crippen molar-refractivity contribution < 1.29 is 14.3 Å². The Bertz CT molecular complexity index is 365. The highest BCUT2D eigenvalue weighted by molar-refractivity contribution is 5.83. The van der Waals surface area contributed by atoms with Gasteiger partial charge >= 0.3 is 0 Å². The van der Waals surface area contributed by atoms with Crippen molar-refractivity contribution in [3.63, 3.8) is 0 Å². The predicted molar refractivity (Wildman–Crippen MR) is 75.2 cm³/mol. The van der Waals surface area contributed by atoms with Crippen LogP contribution in [0, 0.1) is 5.92 Å². The van der Waals surface area contributed by atoms with E-state index in [0.717, 1.165) is 0 Å². The van der Waals surface area contributed by atoms with Gasteiger partial charge in [0.15, 0.2) is 0 Å². The maximum Gasteiger partial charge on any atom is 0.242 e. The van der Waals surface area contributed by atoms with Crippen LogP contribution in [0.4, 0.5) is 0 Å². The summed E-state index contributed by atoms with van der Waals surface area (Å²) in [6.07, 6.45) is -0.0911. The lowest BCUT2D eigenvalue weighted by molar-refractivity contribution is -0.145. The van der Waals surface area contributed by atoms with Gasteiger partial charge < -0.3 is 19.9 Å². The molecule has 0 radical (unpaired) electrons. The molecule has 6 heteroatoms. The van der Waals surface area contributed by atoms with Gasteiger partial charge in [-0.2, -0.15) is 0 Å². The summed E-state index contributed by atoms with van der Waals surface area (Å²) in [5.41, 5.74) is 0. The van der Waals surface area contributed by atoms with Gasteiger partial charge in [0.2, 0.25) is 11.8 Å². The molecule has 0 aliphatic carbocycles. The first-order valence-electron chi connectivity index (χ1n) is 7.43. The number of nitrogens with zero attached hydrogens (tertiary/aromatic N) is 2. The van der Waals surface area contributed by atoms with Crippen molar-refractivity contribution in [3.8, 4) is 0 Å². The molecule has 2 fully saturated rings. The molecule has 0 aromatic carbocycles. The van der Waals surface area contributed by atoms with E-state index in [1.54, 1.807) is 0 Å². The molecule has 2 rings (SSSR count). The summed E-state index contributed by atoms with van der Waals surface area (Å²) in [5, 5.41) is 3.22. The maximum absolute atomic E-state index is 12.5. The van der Waals surface area contributed by atoms with Crippen molar-refractivity contribution in [3.05, 3.63) is 0 Å². The first-order valence-corrected chi connectivity index (χ1v) is 7.43. The van der Waals surface area contributed by atoms with E-state index in [0.29, 0.717) is 39.3 Å². The van der Waals surface area contributed by atoms with Gasteiger partial charge in [-0.05, 0) is 6.92 Å². The summed E-state index contributed by atoms with van der Waals surface area (Å²) in [6.45, 7) is 9.59. The predicted octanol–water partition coefficient (Wildman–Crippen LogP) is -0.310. The Kier molecular flexibility index (Phi) is 4.99. The number of carbonyl (C=O) groups excluding carboxylic acids is 2. The largest absolute Gasteiger partial charge is 0.375 e. The van der Waals surface area contributed by atoms with Gasteiger partial charge in [-0.1, -0.05) is 13.8 Å². The molecule has 6 nitrogen and oxygen atoms in total. The lowest BCUT2D eigenvalue weighted by Crippen LogP contribution is -2.60. The highest BCUT2D eigenvalue weighted by Gasteiger charge is 2.34. The fourth-order valence-corrected chi connectivity index (χ4v) is 2.72. The molecule has 2 saturated heterocycles. The lowest BCUT2D eigenvalue weighted by Gasteiger charge is -2.39. The lowest BCUT2D eigenvalue weighted by atomic mass is 10.1. The number of piperazine rings is 1. The average Bonchev–Trinajstić information content (AvgIpc) is 2.46. The molecule has 2 aliphatic heterocycles. The summed E-state index contributed by atoms with van der Waals surface area (Å²) in [5.74, 6) is 0.282. The Morgan fingerprint density at radius 3 is 2.30 bits per heavy atom. The van der Waals surface area contributed by atoms with Crippen LogP contribution in [0.5, 0.6) is 0 Å². The highest BCUT2D eigenvalue weighted by atomic mass is 16.5. The van der Waals surface area contributed by atoms with Crippen molar-refractivity contribution in [1.82, 2.24) is 15.1 Å². The zero-order valence-corrected chi connectivity index (χ0v) is 12.6. The molecule has 2 heterocycles. The normalized spacial score (nSPS) is 27.8. The van der Waals surface area contributed by atoms with E-state index in [9.17, 15) is 9.59 Å². The molecule has 20 heavy (non-hydrogen) atoms. The van der Waals surface area contributed by atoms with Crippen LogP contribution >= 0.6 is 0 Å². The maximum atomic E-state index is 12.5.